The molecule has 1 rings (SSSR count). The number of rotatable bonds is 4. The van der Waals surface area contributed by atoms with Crippen LogP contribution in [0.5, 0.6) is 0 Å². The average Bonchev–Trinajstić information content (AvgIpc) is 2.30. The number of sulfonamides is 1. The Hall–Kier alpha value is -1.67. The molecule has 0 aliphatic carbocycles. The molecule has 0 heterocycles. The van der Waals surface area contributed by atoms with E-state index in [1.165, 1.54) is 19.1 Å². The van der Waals surface area contributed by atoms with Gasteiger partial charge in [-0.05, 0) is 31.5 Å². The van der Waals surface area contributed by atoms with Crippen molar-refractivity contribution in [3.8, 4) is 0 Å². The van der Waals surface area contributed by atoms with Crippen molar-refractivity contribution < 1.29 is 22.3 Å². The second kappa shape index (κ2) is 5.78. The van der Waals surface area contributed by atoms with Crippen LogP contribution in [0.25, 0.3) is 0 Å². The van der Waals surface area contributed by atoms with Crippen LogP contribution in [0.2, 0.25) is 0 Å². The van der Waals surface area contributed by atoms with Crippen molar-refractivity contribution in [1.82, 2.24) is 10.3 Å². The zero-order valence-electron chi connectivity index (χ0n) is 9.86. The smallest absolute Gasteiger partial charge is 0.422 e. The first-order valence-corrected chi connectivity index (χ1v) is 6.56. The normalized spacial score (nSPS) is 11.1. The maximum atomic E-state index is 13.2. The van der Waals surface area contributed by atoms with E-state index in [9.17, 15) is 17.6 Å². The average molecular weight is 276 g/mol. The van der Waals surface area contributed by atoms with Gasteiger partial charge in [0.2, 0.25) is 0 Å². The van der Waals surface area contributed by atoms with Crippen LogP contribution < -0.4 is 10.3 Å². The molecule has 0 aliphatic heterocycles. The van der Waals surface area contributed by atoms with Crippen molar-refractivity contribution in [2.24, 2.45) is 0 Å². The minimum absolute atomic E-state index is 0.104. The fourth-order valence-corrected chi connectivity index (χ4v) is 1.92. The molecule has 8 heteroatoms. The molecule has 100 valence electrons. The monoisotopic (exact) mass is 276 g/mol. The molecule has 0 saturated heterocycles. The summed E-state index contributed by atoms with van der Waals surface area (Å²) in [5, 5.41) is 0. The van der Waals surface area contributed by atoms with E-state index in [4.69, 9.17) is 0 Å². The van der Waals surface area contributed by atoms with Crippen LogP contribution >= 0.6 is 0 Å². The lowest BCUT2D eigenvalue weighted by Crippen LogP contribution is -2.41. The third kappa shape index (κ3) is 3.67. The Morgan fingerprint density at radius 3 is 2.67 bits per heavy atom. The highest BCUT2D eigenvalue weighted by Gasteiger charge is 2.16. The SMILES string of the molecule is CCOC(=O)NNS(=O)(=O)c1ccc(C)c(F)c1. The summed E-state index contributed by atoms with van der Waals surface area (Å²) in [7, 11) is -4.01. The number of benzene rings is 1. The Morgan fingerprint density at radius 1 is 1.44 bits per heavy atom. The third-order valence-electron chi connectivity index (χ3n) is 2.02. The van der Waals surface area contributed by atoms with Gasteiger partial charge in [-0.25, -0.2) is 23.0 Å². The lowest BCUT2D eigenvalue weighted by Gasteiger charge is -2.08. The van der Waals surface area contributed by atoms with E-state index >= 15 is 0 Å². The van der Waals surface area contributed by atoms with Gasteiger partial charge < -0.3 is 4.74 Å². The van der Waals surface area contributed by atoms with Crippen LogP contribution in [-0.2, 0) is 14.8 Å². The van der Waals surface area contributed by atoms with E-state index in [1.54, 1.807) is 11.8 Å². The molecule has 0 aromatic heterocycles. The highest BCUT2D eigenvalue weighted by Crippen LogP contribution is 2.13. The van der Waals surface area contributed by atoms with Gasteiger partial charge in [-0.2, -0.15) is 0 Å². The van der Waals surface area contributed by atoms with Crippen LogP contribution in [0.4, 0.5) is 9.18 Å². The summed E-state index contributed by atoms with van der Waals surface area (Å²) in [4.78, 5) is 12.4. The number of carbonyl (C=O) groups excluding carboxylic acids is 1. The van der Waals surface area contributed by atoms with E-state index in [0.29, 0.717) is 5.56 Å². The first-order chi connectivity index (χ1) is 8.36. The zero-order valence-corrected chi connectivity index (χ0v) is 10.7. The van der Waals surface area contributed by atoms with Gasteiger partial charge in [-0.1, -0.05) is 6.07 Å². The topological polar surface area (TPSA) is 84.5 Å². The first-order valence-electron chi connectivity index (χ1n) is 5.07. The third-order valence-corrected chi connectivity index (χ3v) is 3.26. The fraction of sp³-hybridized carbons (Fsp3) is 0.300. The summed E-state index contributed by atoms with van der Waals surface area (Å²) < 4.78 is 41.0. The Morgan fingerprint density at radius 2 is 2.11 bits per heavy atom. The van der Waals surface area contributed by atoms with Gasteiger partial charge in [0.05, 0.1) is 11.5 Å². The van der Waals surface area contributed by atoms with Crippen molar-refractivity contribution in [2.45, 2.75) is 18.7 Å². The summed E-state index contributed by atoms with van der Waals surface area (Å²) in [5.41, 5.74) is 2.16. The molecule has 0 atom stereocenters. The molecule has 0 aliphatic rings. The Bertz CT molecular complexity index is 545. The second-order valence-electron chi connectivity index (χ2n) is 3.36. The molecule has 0 radical (unpaired) electrons. The Labute approximate surface area is 104 Å². The van der Waals surface area contributed by atoms with Gasteiger partial charge >= 0.3 is 6.09 Å². The van der Waals surface area contributed by atoms with Crippen LogP contribution in [0, 0.1) is 12.7 Å². The maximum absolute atomic E-state index is 13.2. The van der Waals surface area contributed by atoms with E-state index in [-0.39, 0.29) is 11.5 Å². The quantitative estimate of drug-likeness (QED) is 0.806. The molecule has 0 unspecified atom stereocenters. The standard InChI is InChI=1S/C10H13FN2O4S/c1-3-17-10(14)12-13-18(15,16)8-5-4-7(2)9(11)6-8/h4-6,13H,3H2,1-2H3,(H,12,14). The summed E-state index contributed by atoms with van der Waals surface area (Å²) in [5.74, 6) is -0.644. The van der Waals surface area contributed by atoms with E-state index in [1.807, 2.05) is 5.43 Å². The number of ether oxygens (including phenoxy) is 1. The molecule has 0 saturated carbocycles. The van der Waals surface area contributed by atoms with Crippen LogP contribution in [0.3, 0.4) is 0 Å². The molecule has 2 N–H and O–H groups in total. The molecule has 6 nitrogen and oxygen atoms in total. The van der Waals surface area contributed by atoms with Crippen molar-refractivity contribution >= 4 is 16.1 Å². The van der Waals surface area contributed by atoms with E-state index in [0.717, 1.165) is 6.07 Å². The molecule has 1 aromatic carbocycles. The van der Waals surface area contributed by atoms with Gasteiger partial charge in [0.1, 0.15) is 5.82 Å². The van der Waals surface area contributed by atoms with Crippen LogP contribution in [-0.4, -0.2) is 21.1 Å². The van der Waals surface area contributed by atoms with Crippen LogP contribution in [0.1, 0.15) is 12.5 Å². The summed E-state index contributed by atoms with van der Waals surface area (Å²) in [6.45, 7) is 3.19. The molecule has 1 aromatic rings. The van der Waals surface area contributed by atoms with Gasteiger partial charge in [0.15, 0.2) is 0 Å². The minimum atomic E-state index is -4.01. The predicted octanol–water partition coefficient (Wildman–Crippen LogP) is 1.07. The lowest BCUT2D eigenvalue weighted by molar-refractivity contribution is 0.150. The number of aryl methyl sites for hydroxylation is 1. The van der Waals surface area contributed by atoms with Gasteiger partial charge in [0, 0.05) is 0 Å². The molecule has 0 spiro atoms. The number of amides is 1. The molecular formula is C10H13FN2O4S. The largest absolute Gasteiger partial charge is 0.449 e. The van der Waals surface area contributed by atoms with E-state index in [2.05, 4.69) is 4.74 Å². The molecule has 1 amide bonds. The zero-order chi connectivity index (χ0) is 13.8. The van der Waals surface area contributed by atoms with Crippen molar-refractivity contribution in [3.63, 3.8) is 0 Å². The Kier molecular flexibility index (Phi) is 4.62. The minimum Gasteiger partial charge on any atom is -0.449 e. The number of hydrogen-bond acceptors (Lipinski definition) is 4. The van der Waals surface area contributed by atoms with Crippen molar-refractivity contribution in [2.75, 3.05) is 6.61 Å². The molecule has 0 fully saturated rings. The predicted molar refractivity (Wildman–Crippen MR) is 61.6 cm³/mol. The number of nitrogens with one attached hydrogen (secondary N) is 2. The summed E-state index contributed by atoms with van der Waals surface area (Å²) >= 11 is 0. The number of hydrazine groups is 1. The molecule has 0 bridgehead atoms. The fourth-order valence-electron chi connectivity index (χ4n) is 1.08. The van der Waals surface area contributed by atoms with Crippen molar-refractivity contribution in [3.05, 3.63) is 29.6 Å². The van der Waals surface area contributed by atoms with Gasteiger partial charge in [-0.3, -0.25) is 0 Å². The second-order valence-corrected chi connectivity index (χ2v) is 5.04. The van der Waals surface area contributed by atoms with Crippen LogP contribution in [0.15, 0.2) is 23.1 Å². The summed E-state index contributed by atoms with van der Waals surface area (Å²) in [6.07, 6.45) is -0.936. The highest BCUT2D eigenvalue weighted by atomic mass is 32.2. The molecular weight excluding hydrogens is 263 g/mol. The Balaban J connectivity index is 2.80. The van der Waals surface area contributed by atoms with E-state index < -0.39 is 21.9 Å². The van der Waals surface area contributed by atoms with Gasteiger partial charge in [0.25, 0.3) is 10.0 Å². The number of carbonyl (C=O) groups is 1. The van der Waals surface area contributed by atoms with Crippen molar-refractivity contribution in [1.29, 1.82) is 0 Å². The maximum Gasteiger partial charge on any atom is 0.422 e. The number of halogens is 1. The van der Waals surface area contributed by atoms with Gasteiger partial charge in [-0.15, -0.1) is 4.83 Å². The summed E-state index contributed by atoms with van der Waals surface area (Å²) in [6, 6.07) is 3.42. The number of hydrogen-bond donors (Lipinski definition) is 2. The first kappa shape index (κ1) is 14.4. The lowest BCUT2D eigenvalue weighted by atomic mass is 10.2. The highest BCUT2D eigenvalue weighted by molar-refractivity contribution is 7.89. The molecule has 18 heavy (non-hydrogen) atoms.